The SMILES string of the molecule is COC(=O)c1ccccc1NC(=O)Cn1nc2c3cc(Cl)ccc3ncn2c1=O. The molecule has 0 unspecified atom stereocenters. The lowest BCUT2D eigenvalue weighted by Crippen LogP contribution is -2.28. The molecule has 29 heavy (non-hydrogen) atoms. The summed E-state index contributed by atoms with van der Waals surface area (Å²) in [4.78, 5) is 41.1. The van der Waals surface area contributed by atoms with Crippen LogP contribution in [-0.4, -0.2) is 38.2 Å². The Bertz CT molecular complexity index is 1330. The fraction of sp³-hybridized carbons (Fsp3) is 0.105. The molecule has 4 rings (SSSR count). The van der Waals surface area contributed by atoms with Crippen LogP contribution < -0.4 is 11.0 Å². The number of methoxy groups -OCH3 is 1. The lowest BCUT2D eigenvalue weighted by atomic mass is 10.2. The first-order chi connectivity index (χ1) is 14.0. The van der Waals surface area contributed by atoms with Crippen LogP contribution in [0.25, 0.3) is 16.6 Å². The molecular formula is C19H14ClN5O4. The summed E-state index contributed by atoms with van der Waals surface area (Å²) < 4.78 is 6.97. The molecule has 1 N–H and O–H groups in total. The second-order valence-corrected chi connectivity index (χ2v) is 6.56. The number of carbonyl (C=O) groups excluding carboxylic acids is 2. The number of para-hydroxylation sites is 1. The van der Waals surface area contributed by atoms with Gasteiger partial charge in [-0.05, 0) is 30.3 Å². The highest BCUT2D eigenvalue weighted by atomic mass is 35.5. The van der Waals surface area contributed by atoms with Gasteiger partial charge in [-0.15, -0.1) is 5.10 Å². The predicted octanol–water partition coefficient (Wildman–Crippen LogP) is 2.12. The number of ether oxygens (including phenoxy) is 1. The van der Waals surface area contributed by atoms with Gasteiger partial charge in [-0.1, -0.05) is 23.7 Å². The number of nitrogens with zero attached hydrogens (tertiary/aromatic N) is 4. The van der Waals surface area contributed by atoms with Crippen LogP contribution in [0.1, 0.15) is 10.4 Å². The van der Waals surface area contributed by atoms with Crippen LogP contribution in [0.3, 0.4) is 0 Å². The van der Waals surface area contributed by atoms with E-state index in [1.165, 1.54) is 23.9 Å². The van der Waals surface area contributed by atoms with Gasteiger partial charge >= 0.3 is 11.7 Å². The third kappa shape index (κ3) is 3.43. The third-order valence-corrected chi connectivity index (χ3v) is 4.52. The van der Waals surface area contributed by atoms with Gasteiger partial charge in [-0.2, -0.15) is 0 Å². The number of nitrogens with one attached hydrogen (secondary N) is 1. The lowest BCUT2D eigenvalue weighted by Gasteiger charge is -2.09. The Morgan fingerprint density at radius 1 is 1.21 bits per heavy atom. The summed E-state index contributed by atoms with van der Waals surface area (Å²) in [6, 6.07) is 11.5. The van der Waals surface area contributed by atoms with Gasteiger partial charge in [0.25, 0.3) is 0 Å². The van der Waals surface area contributed by atoms with E-state index in [0.29, 0.717) is 21.6 Å². The average molecular weight is 412 g/mol. The van der Waals surface area contributed by atoms with Crippen LogP contribution in [0.5, 0.6) is 0 Å². The van der Waals surface area contributed by atoms with Crippen molar-refractivity contribution in [2.75, 3.05) is 12.4 Å². The van der Waals surface area contributed by atoms with Crippen LogP contribution in [0, 0.1) is 0 Å². The largest absolute Gasteiger partial charge is 0.465 e. The van der Waals surface area contributed by atoms with Crippen molar-refractivity contribution in [1.29, 1.82) is 0 Å². The maximum absolute atomic E-state index is 12.6. The average Bonchev–Trinajstić information content (AvgIpc) is 3.03. The van der Waals surface area contributed by atoms with Crippen LogP contribution in [0.2, 0.25) is 5.02 Å². The Balaban J connectivity index is 1.67. The maximum Gasteiger partial charge on any atom is 0.352 e. The fourth-order valence-corrected chi connectivity index (χ4v) is 3.11. The minimum Gasteiger partial charge on any atom is -0.465 e. The number of benzene rings is 2. The number of carbonyl (C=O) groups is 2. The Morgan fingerprint density at radius 3 is 2.79 bits per heavy atom. The highest BCUT2D eigenvalue weighted by molar-refractivity contribution is 6.31. The van der Waals surface area contributed by atoms with Gasteiger partial charge in [0.15, 0.2) is 5.65 Å². The van der Waals surface area contributed by atoms with E-state index in [2.05, 4.69) is 15.4 Å². The summed E-state index contributed by atoms with van der Waals surface area (Å²) in [5, 5.41) is 7.93. The van der Waals surface area contributed by atoms with Gasteiger partial charge in [0.1, 0.15) is 12.9 Å². The highest BCUT2D eigenvalue weighted by Crippen LogP contribution is 2.20. The molecule has 0 fully saturated rings. The number of hydrogen-bond acceptors (Lipinski definition) is 6. The topological polar surface area (TPSA) is 108 Å². The van der Waals surface area contributed by atoms with Gasteiger partial charge < -0.3 is 10.1 Å². The molecule has 0 saturated carbocycles. The number of halogens is 1. The third-order valence-electron chi connectivity index (χ3n) is 4.28. The van der Waals surface area contributed by atoms with E-state index in [-0.39, 0.29) is 17.8 Å². The number of hydrogen-bond donors (Lipinski definition) is 1. The van der Waals surface area contributed by atoms with Crippen LogP contribution in [-0.2, 0) is 16.1 Å². The van der Waals surface area contributed by atoms with Gasteiger partial charge in [0, 0.05) is 10.4 Å². The summed E-state index contributed by atoms with van der Waals surface area (Å²) >= 11 is 6.04. The molecule has 146 valence electrons. The Hall–Kier alpha value is -3.72. The summed E-state index contributed by atoms with van der Waals surface area (Å²) in [5.41, 5.74) is 0.919. The monoisotopic (exact) mass is 411 g/mol. The van der Waals surface area contributed by atoms with E-state index in [4.69, 9.17) is 16.3 Å². The van der Waals surface area contributed by atoms with Gasteiger partial charge in [-0.25, -0.2) is 23.7 Å². The summed E-state index contributed by atoms with van der Waals surface area (Å²) in [7, 11) is 1.25. The van der Waals surface area contributed by atoms with Crippen molar-refractivity contribution in [2.45, 2.75) is 6.54 Å². The van der Waals surface area contributed by atoms with E-state index in [9.17, 15) is 14.4 Å². The summed E-state index contributed by atoms with van der Waals surface area (Å²) in [5.74, 6) is -1.11. The highest BCUT2D eigenvalue weighted by Gasteiger charge is 2.16. The van der Waals surface area contributed by atoms with Crippen molar-refractivity contribution in [3.63, 3.8) is 0 Å². The Kier molecular flexibility index (Phi) is 4.73. The maximum atomic E-state index is 12.6. The molecule has 0 aliphatic heterocycles. The second kappa shape index (κ2) is 7.36. The van der Waals surface area contributed by atoms with Gasteiger partial charge in [0.2, 0.25) is 5.91 Å². The Morgan fingerprint density at radius 2 is 2.00 bits per heavy atom. The zero-order chi connectivity index (χ0) is 20.5. The number of rotatable bonds is 4. The van der Waals surface area contributed by atoms with Crippen molar-refractivity contribution in [3.8, 4) is 0 Å². The molecule has 1 amide bonds. The predicted molar refractivity (Wildman–Crippen MR) is 106 cm³/mol. The first-order valence-corrected chi connectivity index (χ1v) is 8.86. The smallest absolute Gasteiger partial charge is 0.352 e. The molecule has 2 aromatic carbocycles. The van der Waals surface area contributed by atoms with Crippen molar-refractivity contribution in [3.05, 3.63) is 69.9 Å². The van der Waals surface area contributed by atoms with Crippen LogP contribution >= 0.6 is 11.6 Å². The first-order valence-electron chi connectivity index (χ1n) is 8.48. The molecule has 4 aromatic rings. The van der Waals surface area contributed by atoms with E-state index < -0.39 is 17.6 Å². The van der Waals surface area contributed by atoms with E-state index >= 15 is 0 Å². The molecule has 9 nitrogen and oxygen atoms in total. The van der Waals surface area contributed by atoms with Crippen molar-refractivity contribution >= 4 is 45.7 Å². The summed E-state index contributed by atoms with van der Waals surface area (Å²) in [6.07, 6.45) is 1.35. The molecule has 0 aliphatic rings. The molecule has 0 aliphatic carbocycles. The molecule has 2 heterocycles. The molecule has 0 radical (unpaired) electrons. The number of aromatic nitrogens is 4. The Labute approximate surface area is 168 Å². The number of fused-ring (bicyclic) bond motifs is 3. The quantitative estimate of drug-likeness (QED) is 0.515. The number of amides is 1. The molecule has 2 aromatic heterocycles. The number of esters is 1. The van der Waals surface area contributed by atoms with Gasteiger partial charge in [0.05, 0.1) is 23.9 Å². The van der Waals surface area contributed by atoms with Crippen molar-refractivity contribution < 1.29 is 14.3 Å². The molecule has 0 saturated heterocycles. The molecule has 0 spiro atoms. The van der Waals surface area contributed by atoms with Crippen LogP contribution in [0.15, 0.2) is 53.6 Å². The standard InChI is InChI=1S/C19H14ClN5O4/c1-29-18(27)12-4-2-3-5-15(12)22-16(26)9-25-19(28)24-10-21-14-7-6-11(20)8-13(14)17(24)23-25/h2-8,10H,9H2,1H3,(H,22,26). The molecular weight excluding hydrogens is 398 g/mol. The lowest BCUT2D eigenvalue weighted by molar-refractivity contribution is -0.117. The van der Waals surface area contributed by atoms with Crippen molar-refractivity contribution in [1.82, 2.24) is 19.2 Å². The first kappa shape index (κ1) is 18.6. The fourth-order valence-electron chi connectivity index (χ4n) is 2.94. The van der Waals surface area contributed by atoms with Gasteiger partial charge in [-0.3, -0.25) is 4.79 Å². The second-order valence-electron chi connectivity index (χ2n) is 6.13. The molecule has 10 heteroatoms. The van der Waals surface area contributed by atoms with E-state index in [1.54, 1.807) is 36.4 Å². The zero-order valence-corrected chi connectivity index (χ0v) is 15.9. The van der Waals surface area contributed by atoms with Crippen LogP contribution in [0.4, 0.5) is 5.69 Å². The number of anilines is 1. The molecule has 0 bridgehead atoms. The van der Waals surface area contributed by atoms with E-state index in [0.717, 1.165) is 4.68 Å². The minimum absolute atomic E-state index is 0.204. The van der Waals surface area contributed by atoms with Crippen molar-refractivity contribution in [2.24, 2.45) is 0 Å². The zero-order valence-electron chi connectivity index (χ0n) is 15.1. The van der Waals surface area contributed by atoms with E-state index in [1.807, 2.05) is 0 Å². The minimum atomic E-state index is -0.583. The normalized spacial score (nSPS) is 11.0. The molecule has 0 atom stereocenters. The summed E-state index contributed by atoms with van der Waals surface area (Å²) in [6.45, 7) is -0.349.